The van der Waals surface area contributed by atoms with E-state index in [1.54, 1.807) is 0 Å². The number of nitrogens with one attached hydrogen (secondary N) is 1. The molecule has 0 aliphatic heterocycles. The highest BCUT2D eigenvalue weighted by atomic mass is 16.5. The largest absolute Gasteiger partial charge is 0.489 e. The molecule has 0 heterocycles. The van der Waals surface area contributed by atoms with Crippen molar-refractivity contribution in [1.82, 2.24) is 5.32 Å². The van der Waals surface area contributed by atoms with Crippen molar-refractivity contribution < 1.29 is 4.74 Å². The minimum absolute atomic E-state index is 0.187. The first-order valence-corrected chi connectivity index (χ1v) is 6.89. The molecular formula is C16H23NO. The molecule has 0 aromatic heterocycles. The number of rotatable bonds is 6. The summed E-state index contributed by atoms with van der Waals surface area (Å²) in [6, 6.07) is 6.56. The van der Waals surface area contributed by atoms with Crippen molar-refractivity contribution >= 4 is 0 Å². The smallest absolute Gasteiger partial charge is 0.120 e. The zero-order valence-corrected chi connectivity index (χ0v) is 11.2. The summed E-state index contributed by atoms with van der Waals surface area (Å²) in [4.78, 5) is 0. The van der Waals surface area contributed by atoms with E-state index in [9.17, 15) is 0 Å². The third-order valence-electron chi connectivity index (χ3n) is 3.38. The van der Waals surface area contributed by atoms with Gasteiger partial charge in [-0.3, -0.25) is 0 Å². The highest BCUT2D eigenvalue weighted by Crippen LogP contribution is 2.25. The highest BCUT2D eigenvalue weighted by molar-refractivity contribution is 5.37. The maximum Gasteiger partial charge on any atom is 0.120 e. The highest BCUT2D eigenvalue weighted by Gasteiger charge is 2.11. The van der Waals surface area contributed by atoms with E-state index in [0.717, 1.165) is 18.8 Å². The topological polar surface area (TPSA) is 21.3 Å². The van der Waals surface area contributed by atoms with Gasteiger partial charge in [0.2, 0.25) is 0 Å². The molecule has 0 saturated heterocycles. The van der Waals surface area contributed by atoms with Gasteiger partial charge in [0.05, 0.1) is 0 Å². The molecule has 1 N–H and O–H groups in total. The number of hydrogen-bond donors (Lipinski definition) is 1. The van der Waals surface area contributed by atoms with Crippen molar-refractivity contribution in [2.75, 3.05) is 13.1 Å². The van der Waals surface area contributed by atoms with Crippen LogP contribution in [0.1, 0.15) is 30.9 Å². The maximum atomic E-state index is 5.93. The van der Waals surface area contributed by atoms with Crippen LogP contribution in [0, 0.1) is 0 Å². The van der Waals surface area contributed by atoms with Gasteiger partial charge in [-0.25, -0.2) is 0 Å². The Labute approximate surface area is 110 Å². The van der Waals surface area contributed by atoms with Crippen molar-refractivity contribution in [2.45, 2.75) is 38.7 Å². The molecule has 2 heteroatoms. The maximum absolute atomic E-state index is 5.93. The summed E-state index contributed by atoms with van der Waals surface area (Å²) in [7, 11) is 0. The Balaban J connectivity index is 1.90. The van der Waals surface area contributed by atoms with Gasteiger partial charge in [-0.1, -0.05) is 12.1 Å². The number of hydrogen-bond acceptors (Lipinski definition) is 2. The molecule has 2 rings (SSSR count). The molecule has 98 valence electrons. The Morgan fingerprint density at radius 1 is 1.33 bits per heavy atom. The van der Waals surface area contributed by atoms with Crippen LogP contribution in [0.3, 0.4) is 0 Å². The van der Waals surface area contributed by atoms with Gasteiger partial charge in [0.15, 0.2) is 0 Å². The van der Waals surface area contributed by atoms with Crippen LogP contribution >= 0.6 is 0 Å². The molecule has 1 unspecified atom stereocenters. The van der Waals surface area contributed by atoms with E-state index in [1.807, 2.05) is 6.08 Å². The minimum Gasteiger partial charge on any atom is -0.489 e. The molecule has 0 spiro atoms. The Morgan fingerprint density at radius 3 is 2.89 bits per heavy atom. The van der Waals surface area contributed by atoms with Crippen LogP contribution in [0.25, 0.3) is 0 Å². The average molecular weight is 245 g/mol. The lowest BCUT2D eigenvalue weighted by Crippen LogP contribution is -2.29. The van der Waals surface area contributed by atoms with Crippen LogP contribution < -0.4 is 10.1 Å². The first-order valence-electron chi connectivity index (χ1n) is 6.89. The summed E-state index contributed by atoms with van der Waals surface area (Å²) in [5, 5.41) is 3.27. The van der Waals surface area contributed by atoms with Crippen molar-refractivity contribution in [3.63, 3.8) is 0 Å². The lowest BCUT2D eigenvalue weighted by Gasteiger charge is -2.19. The van der Waals surface area contributed by atoms with E-state index < -0.39 is 0 Å². The SMILES string of the molecule is C=CCNCC(C)Oc1ccc2c(c1)CCCC2. The van der Waals surface area contributed by atoms with Crippen molar-refractivity contribution in [3.05, 3.63) is 42.0 Å². The second kappa shape index (κ2) is 6.60. The number of benzene rings is 1. The predicted octanol–water partition coefficient (Wildman–Crippen LogP) is 3.11. The molecule has 18 heavy (non-hydrogen) atoms. The molecule has 1 aromatic rings. The first kappa shape index (κ1) is 13.2. The third kappa shape index (κ3) is 3.61. The number of fused-ring (bicyclic) bond motifs is 1. The third-order valence-corrected chi connectivity index (χ3v) is 3.38. The zero-order chi connectivity index (χ0) is 12.8. The fraction of sp³-hybridized carbons (Fsp3) is 0.500. The molecule has 1 aromatic carbocycles. The van der Waals surface area contributed by atoms with Gasteiger partial charge >= 0.3 is 0 Å². The van der Waals surface area contributed by atoms with Gasteiger partial charge in [0.25, 0.3) is 0 Å². The summed E-state index contributed by atoms with van der Waals surface area (Å²) in [6.45, 7) is 7.46. The van der Waals surface area contributed by atoms with Crippen LogP contribution in [-0.4, -0.2) is 19.2 Å². The molecule has 0 radical (unpaired) electrons. The second-order valence-electron chi connectivity index (χ2n) is 5.01. The van der Waals surface area contributed by atoms with Crippen LogP contribution in [0.5, 0.6) is 5.75 Å². The van der Waals surface area contributed by atoms with Gasteiger partial charge in [0.1, 0.15) is 11.9 Å². The van der Waals surface area contributed by atoms with Crippen molar-refractivity contribution in [2.24, 2.45) is 0 Å². The average Bonchev–Trinajstić information content (AvgIpc) is 2.39. The minimum atomic E-state index is 0.187. The van der Waals surface area contributed by atoms with Crippen molar-refractivity contribution in [3.8, 4) is 5.75 Å². The zero-order valence-electron chi connectivity index (χ0n) is 11.2. The molecule has 0 fully saturated rings. The van der Waals surface area contributed by atoms with Gasteiger partial charge in [0, 0.05) is 13.1 Å². The first-order chi connectivity index (χ1) is 8.79. The molecule has 1 atom stereocenters. The van der Waals surface area contributed by atoms with Crippen LogP contribution in [0.4, 0.5) is 0 Å². The molecule has 1 aliphatic carbocycles. The van der Waals surface area contributed by atoms with Crippen molar-refractivity contribution in [1.29, 1.82) is 0 Å². The quantitative estimate of drug-likeness (QED) is 0.614. The fourth-order valence-electron chi connectivity index (χ4n) is 2.45. The van der Waals surface area contributed by atoms with Crippen LogP contribution in [-0.2, 0) is 12.8 Å². The van der Waals surface area contributed by atoms with Crippen LogP contribution in [0.15, 0.2) is 30.9 Å². The summed E-state index contributed by atoms with van der Waals surface area (Å²) >= 11 is 0. The molecule has 2 nitrogen and oxygen atoms in total. The predicted molar refractivity (Wildman–Crippen MR) is 76.2 cm³/mol. The standard InChI is InChI=1S/C16H23NO/c1-3-10-17-12-13(2)18-16-9-8-14-6-4-5-7-15(14)11-16/h3,8-9,11,13,17H,1,4-7,10,12H2,2H3. The van der Waals surface area contributed by atoms with E-state index in [0.29, 0.717) is 0 Å². The molecule has 1 aliphatic rings. The second-order valence-corrected chi connectivity index (χ2v) is 5.01. The summed E-state index contributed by atoms with van der Waals surface area (Å²) in [6.07, 6.45) is 7.13. The Bertz CT molecular complexity index is 400. The molecular weight excluding hydrogens is 222 g/mol. The fourth-order valence-corrected chi connectivity index (χ4v) is 2.45. The van der Waals surface area contributed by atoms with Gasteiger partial charge in [-0.2, -0.15) is 0 Å². The lowest BCUT2D eigenvalue weighted by molar-refractivity contribution is 0.218. The Hall–Kier alpha value is -1.28. The van der Waals surface area contributed by atoms with Crippen LogP contribution in [0.2, 0.25) is 0 Å². The van der Waals surface area contributed by atoms with Gasteiger partial charge in [-0.15, -0.1) is 6.58 Å². The summed E-state index contributed by atoms with van der Waals surface area (Å²) in [5.41, 5.74) is 2.98. The number of ether oxygens (including phenoxy) is 1. The van der Waals surface area contributed by atoms with E-state index >= 15 is 0 Å². The summed E-state index contributed by atoms with van der Waals surface area (Å²) < 4.78 is 5.93. The monoisotopic (exact) mass is 245 g/mol. The summed E-state index contributed by atoms with van der Waals surface area (Å²) in [5.74, 6) is 1.00. The molecule has 0 saturated carbocycles. The molecule has 0 bridgehead atoms. The Kier molecular flexibility index (Phi) is 4.82. The van der Waals surface area contributed by atoms with Gasteiger partial charge < -0.3 is 10.1 Å². The van der Waals surface area contributed by atoms with E-state index in [1.165, 1.54) is 36.8 Å². The number of aryl methyl sites for hydroxylation is 2. The van der Waals surface area contributed by atoms with E-state index in [2.05, 4.69) is 37.0 Å². The van der Waals surface area contributed by atoms with E-state index in [4.69, 9.17) is 4.74 Å². The van der Waals surface area contributed by atoms with Gasteiger partial charge in [-0.05, 0) is 55.9 Å². The van der Waals surface area contributed by atoms with E-state index in [-0.39, 0.29) is 6.10 Å². The molecule has 0 amide bonds. The Morgan fingerprint density at radius 2 is 2.11 bits per heavy atom. The normalized spacial score (nSPS) is 15.8. The lowest BCUT2D eigenvalue weighted by atomic mass is 9.92.